The minimum Gasteiger partial charge on any atom is -0.504 e. The van der Waals surface area contributed by atoms with Gasteiger partial charge in [0.25, 0.3) is 0 Å². The summed E-state index contributed by atoms with van der Waals surface area (Å²) in [5, 5.41) is 19.7. The Labute approximate surface area is 114 Å². The molecule has 0 spiro atoms. The number of aromatic nitrogens is 2. The van der Waals surface area contributed by atoms with Crippen LogP contribution in [-0.2, 0) is 6.42 Å². The topological polar surface area (TPSA) is 55.2 Å². The number of methoxy groups -OCH3 is 1. The summed E-state index contributed by atoms with van der Waals surface area (Å²) in [6, 6.07) is 5.19. The molecule has 96 valence electrons. The molecule has 18 heavy (non-hydrogen) atoms. The van der Waals surface area contributed by atoms with Crippen molar-refractivity contribution in [3.8, 4) is 22.1 Å². The van der Waals surface area contributed by atoms with Gasteiger partial charge in [-0.25, -0.2) is 0 Å². The van der Waals surface area contributed by atoms with E-state index in [9.17, 15) is 5.11 Å². The van der Waals surface area contributed by atoms with Crippen molar-refractivity contribution in [1.29, 1.82) is 0 Å². The molecule has 1 aromatic carbocycles. The summed E-state index contributed by atoms with van der Waals surface area (Å²) in [5.74, 6) is 1.18. The van der Waals surface area contributed by atoms with Gasteiger partial charge >= 0.3 is 0 Å². The van der Waals surface area contributed by atoms with E-state index in [-0.39, 0.29) is 5.75 Å². The lowest BCUT2D eigenvalue weighted by Gasteiger charge is -2.03. The lowest BCUT2D eigenvalue weighted by atomic mass is 10.2. The third kappa shape index (κ3) is 2.91. The zero-order valence-electron chi connectivity index (χ0n) is 9.89. The van der Waals surface area contributed by atoms with E-state index in [0.717, 1.165) is 28.4 Å². The van der Waals surface area contributed by atoms with Crippen molar-refractivity contribution < 1.29 is 9.84 Å². The van der Waals surface area contributed by atoms with Crippen molar-refractivity contribution in [2.75, 3.05) is 13.0 Å². The van der Waals surface area contributed by atoms with Gasteiger partial charge in [-0.05, 0) is 24.6 Å². The number of phenolic OH excluding ortho intramolecular Hbond substituents is 1. The van der Waals surface area contributed by atoms with Crippen LogP contribution in [0.5, 0.6) is 11.5 Å². The summed E-state index contributed by atoms with van der Waals surface area (Å²) >= 11 is 7.15. The van der Waals surface area contributed by atoms with Gasteiger partial charge in [0, 0.05) is 17.9 Å². The van der Waals surface area contributed by atoms with E-state index in [0.29, 0.717) is 11.6 Å². The van der Waals surface area contributed by atoms with Crippen molar-refractivity contribution in [2.45, 2.75) is 12.8 Å². The number of phenols is 1. The van der Waals surface area contributed by atoms with E-state index in [1.807, 2.05) is 6.07 Å². The van der Waals surface area contributed by atoms with Crippen LogP contribution in [0.4, 0.5) is 0 Å². The maximum Gasteiger partial charge on any atom is 0.160 e. The molecule has 1 heterocycles. The molecular formula is C12H13ClN2O2S. The monoisotopic (exact) mass is 284 g/mol. The molecule has 1 N–H and O–H groups in total. The lowest BCUT2D eigenvalue weighted by molar-refractivity contribution is 0.373. The average molecular weight is 285 g/mol. The molecule has 0 amide bonds. The van der Waals surface area contributed by atoms with Crippen LogP contribution in [0.25, 0.3) is 10.6 Å². The Morgan fingerprint density at radius 3 is 2.89 bits per heavy atom. The first-order chi connectivity index (χ1) is 8.74. The van der Waals surface area contributed by atoms with Crippen LogP contribution in [-0.4, -0.2) is 28.3 Å². The third-order valence-corrected chi connectivity index (χ3v) is 3.72. The van der Waals surface area contributed by atoms with E-state index < -0.39 is 0 Å². The van der Waals surface area contributed by atoms with Crippen molar-refractivity contribution in [3.63, 3.8) is 0 Å². The molecule has 2 rings (SSSR count). The van der Waals surface area contributed by atoms with Crippen LogP contribution in [0, 0.1) is 0 Å². The Morgan fingerprint density at radius 1 is 1.39 bits per heavy atom. The standard InChI is InChI=1S/C12H13ClN2O2S/c1-17-10-5-4-8(7-9(10)16)12-15-14-11(18-12)3-2-6-13/h4-5,7,16H,2-3,6H2,1H3. The minimum absolute atomic E-state index is 0.104. The highest BCUT2D eigenvalue weighted by Gasteiger charge is 2.09. The highest BCUT2D eigenvalue weighted by molar-refractivity contribution is 7.14. The Morgan fingerprint density at radius 2 is 2.22 bits per heavy atom. The SMILES string of the molecule is COc1ccc(-c2nnc(CCCCl)s2)cc1O. The second-order valence-electron chi connectivity index (χ2n) is 3.68. The van der Waals surface area contributed by atoms with Crippen LogP contribution in [0.3, 0.4) is 0 Å². The third-order valence-electron chi connectivity index (χ3n) is 2.42. The fraction of sp³-hybridized carbons (Fsp3) is 0.333. The van der Waals surface area contributed by atoms with Crippen molar-refractivity contribution in [2.24, 2.45) is 0 Å². The van der Waals surface area contributed by atoms with Crippen LogP contribution in [0.1, 0.15) is 11.4 Å². The molecule has 6 heteroatoms. The molecule has 0 saturated carbocycles. The molecule has 4 nitrogen and oxygen atoms in total. The quantitative estimate of drug-likeness (QED) is 0.857. The predicted octanol–water partition coefficient (Wildman–Crippen LogP) is 3.09. The number of rotatable bonds is 5. The van der Waals surface area contributed by atoms with Crippen LogP contribution < -0.4 is 4.74 Å². The number of benzene rings is 1. The molecule has 0 fully saturated rings. The van der Waals surface area contributed by atoms with Crippen LogP contribution in [0.15, 0.2) is 18.2 Å². The maximum absolute atomic E-state index is 9.71. The van der Waals surface area contributed by atoms with E-state index in [4.69, 9.17) is 16.3 Å². The van der Waals surface area contributed by atoms with Crippen molar-refractivity contribution >= 4 is 22.9 Å². The summed E-state index contributed by atoms with van der Waals surface area (Å²) in [4.78, 5) is 0. The van der Waals surface area contributed by atoms with E-state index in [2.05, 4.69) is 10.2 Å². The summed E-state index contributed by atoms with van der Waals surface area (Å²) in [7, 11) is 1.52. The molecular weight excluding hydrogens is 272 g/mol. The van der Waals surface area contributed by atoms with E-state index in [1.165, 1.54) is 18.4 Å². The van der Waals surface area contributed by atoms with Gasteiger partial charge in [-0.3, -0.25) is 0 Å². The number of hydrogen-bond donors (Lipinski definition) is 1. The van der Waals surface area contributed by atoms with Gasteiger partial charge in [-0.15, -0.1) is 21.8 Å². The number of halogens is 1. The molecule has 0 saturated heterocycles. The number of hydrogen-bond acceptors (Lipinski definition) is 5. The molecule has 0 unspecified atom stereocenters. The molecule has 0 aliphatic heterocycles. The largest absolute Gasteiger partial charge is 0.504 e. The molecule has 0 radical (unpaired) electrons. The minimum atomic E-state index is 0.104. The van der Waals surface area contributed by atoms with Crippen molar-refractivity contribution in [3.05, 3.63) is 23.2 Å². The van der Waals surface area contributed by atoms with Gasteiger partial charge in [-0.1, -0.05) is 11.3 Å². The number of aromatic hydroxyl groups is 1. The highest BCUT2D eigenvalue weighted by Crippen LogP contribution is 2.32. The lowest BCUT2D eigenvalue weighted by Crippen LogP contribution is -1.84. The number of alkyl halides is 1. The molecule has 2 aromatic rings. The van der Waals surface area contributed by atoms with Crippen LogP contribution >= 0.6 is 22.9 Å². The maximum atomic E-state index is 9.71. The first kappa shape index (κ1) is 13.1. The number of aryl methyl sites for hydroxylation is 1. The Hall–Kier alpha value is -1.33. The van der Waals surface area contributed by atoms with Gasteiger partial charge in [0.2, 0.25) is 0 Å². The fourth-order valence-corrected chi connectivity index (χ4v) is 2.52. The van der Waals surface area contributed by atoms with Gasteiger partial charge < -0.3 is 9.84 Å². The molecule has 0 aliphatic carbocycles. The summed E-state index contributed by atoms with van der Waals surface area (Å²) in [5.41, 5.74) is 0.836. The summed E-state index contributed by atoms with van der Waals surface area (Å²) < 4.78 is 5.00. The first-order valence-corrected chi connectivity index (χ1v) is 6.85. The average Bonchev–Trinajstić information content (AvgIpc) is 2.85. The van der Waals surface area contributed by atoms with Gasteiger partial charge in [0.15, 0.2) is 11.5 Å². The first-order valence-electron chi connectivity index (χ1n) is 5.50. The second-order valence-corrected chi connectivity index (χ2v) is 5.12. The zero-order chi connectivity index (χ0) is 13.0. The Balaban J connectivity index is 2.20. The van der Waals surface area contributed by atoms with Gasteiger partial charge in [0.05, 0.1) is 7.11 Å². The van der Waals surface area contributed by atoms with E-state index >= 15 is 0 Å². The Kier molecular flexibility index (Phi) is 4.38. The van der Waals surface area contributed by atoms with Crippen molar-refractivity contribution in [1.82, 2.24) is 10.2 Å². The smallest absolute Gasteiger partial charge is 0.160 e. The highest BCUT2D eigenvalue weighted by atomic mass is 35.5. The molecule has 0 atom stereocenters. The van der Waals surface area contributed by atoms with E-state index in [1.54, 1.807) is 12.1 Å². The number of ether oxygens (including phenoxy) is 1. The van der Waals surface area contributed by atoms with Crippen LogP contribution in [0.2, 0.25) is 0 Å². The Bertz CT molecular complexity index is 531. The molecule has 0 bridgehead atoms. The van der Waals surface area contributed by atoms with Gasteiger partial charge in [-0.2, -0.15) is 0 Å². The normalized spacial score (nSPS) is 10.6. The summed E-state index contributed by atoms with van der Waals surface area (Å²) in [6.07, 6.45) is 1.73. The summed E-state index contributed by atoms with van der Waals surface area (Å²) in [6.45, 7) is 0. The number of nitrogens with zero attached hydrogens (tertiary/aromatic N) is 2. The molecule has 0 aliphatic rings. The fourth-order valence-electron chi connectivity index (χ4n) is 1.51. The van der Waals surface area contributed by atoms with Gasteiger partial charge in [0.1, 0.15) is 10.0 Å². The zero-order valence-corrected chi connectivity index (χ0v) is 11.5. The second kappa shape index (κ2) is 6.02. The predicted molar refractivity (Wildman–Crippen MR) is 72.6 cm³/mol. The molecule has 1 aromatic heterocycles.